The zero-order valence-corrected chi connectivity index (χ0v) is 19.0. The predicted molar refractivity (Wildman–Crippen MR) is 129 cm³/mol. The van der Waals surface area contributed by atoms with Gasteiger partial charge in [-0.2, -0.15) is 0 Å². The highest BCUT2D eigenvalue weighted by molar-refractivity contribution is 5.89. The predicted octanol–water partition coefficient (Wildman–Crippen LogP) is 3.18. The number of amides is 1. The highest BCUT2D eigenvalue weighted by Gasteiger charge is 2.25. The van der Waals surface area contributed by atoms with Crippen molar-refractivity contribution in [3.05, 3.63) is 67.0 Å². The van der Waals surface area contributed by atoms with E-state index in [9.17, 15) is 4.79 Å². The Morgan fingerprint density at radius 2 is 1.71 bits per heavy atom. The Morgan fingerprint density at radius 1 is 0.971 bits per heavy atom. The average molecular weight is 454 g/mol. The first-order valence-electron chi connectivity index (χ1n) is 10.6. The second-order valence-corrected chi connectivity index (χ2v) is 8.87. The Morgan fingerprint density at radius 3 is 2.38 bits per heavy atom. The van der Waals surface area contributed by atoms with Gasteiger partial charge in [0, 0.05) is 29.1 Å². The third kappa shape index (κ3) is 3.64. The second-order valence-electron chi connectivity index (χ2n) is 8.87. The number of carbonyl (C=O) groups excluding carboxylic acids is 1. The van der Waals surface area contributed by atoms with Gasteiger partial charge in [-0.1, -0.05) is 18.2 Å². The van der Waals surface area contributed by atoms with E-state index in [2.05, 4.69) is 45.4 Å². The van der Waals surface area contributed by atoms with Crippen LogP contribution >= 0.6 is 0 Å². The molecule has 0 spiro atoms. The molecule has 5 aromatic rings. The summed E-state index contributed by atoms with van der Waals surface area (Å²) in [5, 5.41) is 4.24. The molecule has 170 valence electrons. The van der Waals surface area contributed by atoms with Crippen LogP contribution in [0.15, 0.2) is 61.2 Å². The topological polar surface area (TPSA) is 143 Å². The van der Waals surface area contributed by atoms with E-state index in [1.807, 2.05) is 42.5 Å². The van der Waals surface area contributed by atoms with Gasteiger partial charge in [0.25, 0.3) is 5.91 Å². The lowest BCUT2D eigenvalue weighted by Gasteiger charge is -2.25. The third-order valence-corrected chi connectivity index (χ3v) is 5.43. The second kappa shape index (κ2) is 7.77. The van der Waals surface area contributed by atoms with Crippen molar-refractivity contribution in [2.75, 3.05) is 5.73 Å². The number of aromatic nitrogens is 7. The standard InChI is InChI=1S/C24H23N9O/c1-24(2,3)33-19-9-8-14(15-11-27-23(26)28-12-15)10-17(19)30-22(33)16-6-4-5-7-18(16)32-13-29-21(31-32)20(25)34/h4-13H,1-3H3,(H2,25,34)(H2,26,27,28). The highest BCUT2D eigenvalue weighted by Crippen LogP contribution is 2.35. The minimum atomic E-state index is -0.683. The zero-order valence-electron chi connectivity index (χ0n) is 19.0. The molecule has 0 aliphatic rings. The van der Waals surface area contributed by atoms with E-state index in [1.54, 1.807) is 17.1 Å². The fourth-order valence-corrected chi connectivity index (χ4v) is 3.96. The van der Waals surface area contributed by atoms with E-state index in [1.165, 1.54) is 6.33 Å². The highest BCUT2D eigenvalue weighted by atomic mass is 16.1. The molecular formula is C24H23N9O. The van der Waals surface area contributed by atoms with Crippen LogP contribution in [0, 0.1) is 0 Å². The van der Waals surface area contributed by atoms with E-state index >= 15 is 0 Å². The van der Waals surface area contributed by atoms with Crippen molar-refractivity contribution in [3.63, 3.8) is 0 Å². The fourth-order valence-electron chi connectivity index (χ4n) is 3.96. The van der Waals surface area contributed by atoms with E-state index < -0.39 is 5.91 Å². The molecule has 1 amide bonds. The molecule has 3 heterocycles. The molecule has 0 aliphatic carbocycles. The maximum Gasteiger partial charge on any atom is 0.288 e. The van der Waals surface area contributed by atoms with Gasteiger partial charge in [-0.05, 0) is 50.6 Å². The summed E-state index contributed by atoms with van der Waals surface area (Å²) in [6.45, 7) is 6.38. The number of hydrogen-bond donors (Lipinski definition) is 2. The van der Waals surface area contributed by atoms with Gasteiger partial charge in [0.1, 0.15) is 12.2 Å². The van der Waals surface area contributed by atoms with Gasteiger partial charge in [0.05, 0.1) is 16.7 Å². The van der Waals surface area contributed by atoms with E-state index in [0.29, 0.717) is 0 Å². The summed E-state index contributed by atoms with van der Waals surface area (Å²) in [6, 6.07) is 13.8. The van der Waals surface area contributed by atoms with E-state index in [4.69, 9.17) is 16.5 Å². The summed E-state index contributed by atoms with van der Waals surface area (Å²) in [5.74, 6) is 0.264. The fraction of sp³-hybridized carbons (Fsp3) is 0.167. The molecule has 34 heavy (non-hydrogen) atoms. The maximum atomic E-state index is 11.5. The number of nitrogens with zero attached hydrogens (tertiary/aromatic N) is 7. The minimum absolute atomic E-state index is 0.0468. The third-order valence-electron chi connectivity index (χ3n) is 5.43. The summed E-state index contributed by atoms with van der Waals surface area (Å²) in [5.41, 5.74) is 15.9. The Hall–Kier alpha value is -4.60. The molecule has 0 aliphatic heterocycles. The molecule has 0 atom stereocenters. The van der Waals surface area contributed by atoms with Gasteiger partial charge < -0.3 is 16.0 Å². The van der Waals surface area contributed by atoms with Crippen LogP contribution in [0.1, 0.15) is 31.4 Å². The van der Waals surface area contributed by atoms with Gasteiger partial charge in [-0.15, -0.1) is 5.10 Å². The number of para-hydroxylation sites is 1. The summed E-state index contributed by atoms with van der Waals surface area (Å²) >= 11 is 0. The van der Waals surface area contributed by atoms with Crippen LogP contribution < -0.4 is 11.5 Å². The van der Waals surface area contributed by atoms with Crippen LogP contribution in [0.25, 0.3) is 39.2 Å². The molecule has 0 unspecified atom stereocenters. The van der Waals surface area contributed by atoms with Crippen LogP contribution in [0.3, 0.4) is 0 Å². The van der Waals surface area contributed by atoms with Gasteiger partial charge in [-0.25, -0.2) is 24.6 Å². The number of carbonyl (C=O) groups is 1. The Labute approximate surface area is 195 Å². The number of rotatable bonds is 4. The molecule has 0 saturated heterocycles. The number of hydrogen-bond acceptors (Lipinski definition) is 7. The molecule has 0 saturated carbocycles. The lowest BCUT2D eigenvalue weighted by atomic mass is 10.1. The van der Waals surface area contributed by atoms with Gasteiger partial charge in [0.2, 0.25) is 11.8 Å². The van der Waals surface area contributed by atoms with Crippen LogP contribution in [0.4, 0.5) is 5.95 Å². The molecule has 0 fully saturated rings. The van der Waals surface area contributed by atoms with E-state index in [0.717, 1.165) is 39.2 Å². The van der Waals surface area contributed by atoms with Gasteiger partial charge in [0.15, 0.2) is 0 Å². The molecule has 10 heteroatoms. The van der Waals surface area contributed by atoms with E-state index in [-0.39, 0.29) is 17.3 Å². The van der Waals surface area contributed by atoms with Crippen molar-refractivity contribution in [2.24, 2.45) is 5.73 Å². The van der Waals surface area contributed by atoms with Gasteiger partial charge in [-0.3, -0.25) is 4.79 Å². The van der Waals surface area contributed by atoms with Crippen LogP contribution in [0.5, 0.6) is 0 Å². The Kier molecular flexibility index (Phi) is 4.85. The summed E-state index contributed by atoms with van der Waals surface area (Å²) in [7, 11) is 0. The van der Waals surface area contributed by atoms with Crippen molar-refractivity contribution in [1.82, 2.24) is 34.3 Å². The first-order chi connectivity index (χ1) is 16.2. The van der Waals surface area contributed by atoms with Crippen LogP contribution in [-0.4, -0.2) is 40.2 Å². The molecule has 3 aromatic heterocycles. The molecule has 0 radical (unpaired) electrons. The smallest absolute Gasteiger partial charge is 0.288 e. The largest absolute Gasteiger partial charge is 0.368 e. The molecule has 10 nitrogen and oxygen atoms in total. The molecule has 4 N–H and O–H groups in total. The summed E-state index contributed by atoms with van der Waals surface area (Å²) in [4.78, 5) is 28.8. The first-order valence-corrected chi connectivity index (χ1v) is 10.6. The number of fused-ring (bicyclic) bond motifs is 1. The Bertz CT molecular complexity index is 1520. The van der Waals surface area contributed by atoms with Crippen molar-refractivity contribution >= 4 is 22.9 Å². The normalized spacial score (nSPS) is 11.7. The van der Waals surface area contributed by atoms with Crippen molar-refractivity contribution in [1.29, 1.82) is 0 Å². The number of nitrogens with two attached hydrogens (primary N) is 2. The summed E-state index contributed by atoms with van der Waals surface area (Å²) in [6.07, 6.45) is 4.87. The quantitative estimate of drug-likeness (QED) is 0.425. The lowest BCUT2D eigenvalue weighted by molar-refractivity contribution is 0.0990. The number of nitrogen functional groups attached to an aromatic ring is 1. The number of primary amides is 1. The lowest BCUT2D eigenvalue weighted by Crippen LogP contribution is -2.23. The number of anilines is 1. The monoisotopic (exact) mass is 453 g/mol. The van der Waals surface area contributed by atoms with Gasteiger partial charge >= 0.3 is 0 Å². The zero-order chi connectivity index (χ0) is 24.0. The van der Waals surface area contributed by atoms with Crippen LogP contribution in [0.2, 0.25) is 0 Å². The number of imidazole rings is 1. The summed E-state index contributed by atoms with van der Waals surface area (Å²) < 4.78 is 3.73. The molecule has 0 bridgehead atoms. The van der Waals surface area contributed by atoms with Crippen molar-refractivity contribution in [2.45, 2.75) is 26.3 Å². The average Bonchev–Trinajstić information content (AvgIpc) is 3.44. The van der Waals surface area contributed by atoms with Crippen molar-refractivity contribution in [3.8, 4) is 28.2 Å². The SMILES string of the molecule is CC(C)(C)n1c(-c2ccccc2-n2cnc(C(N)=O)n2)nc2cc(-c3cnc(N)nc3)ccc21. The molecular weight excluding hydrogens is 430 g/mol. The Balaban J connectivity index is 1.72. The molecule has 2 aromatic carbocycles. The minimum Gasteiger partial charge on any atom is -0.368 e. The van der Waals surface area contributed by atoms with Crippen LogP contribution in [-0.2, 0) is 5.54 Å². The first kappa shape index (κ1) is 21.3. The molecule has 5 rings (SSSR count). The number of benzene rings is 2. The maximum absolute atomic E-state index is 11.5. The van der Waals surface area contributed by atoms with Crippen molar-refractivity contribution < 1.29 is 4.79 Å².